The third kappa shape index (κ3) is 4.39. The summed E-state index contributed by atoms with van der Waals surface area (Å²) in [5, 5.41) is 0. The number of carbonyl (C=O) groups is 3. The van der Waals surface area contributed by atoms with E-state index in [4.69, 9.17) is 14.2 Å². The second-order valence-electron chi connectivity index (χ2n) is 5.52. The van der Waals surface area contributed by atoms with Crippen molar-refractivity contribution in [3.63, 3.8) is 0 Å². The van der Waals surface area contributed by atoms with Crippen LogP contribution >= 0.6 is 0 Å². The average Bonchev–Trinajstić information content (AvgIpc) is 2.47. The van der Waals surface area contributed by atoms with Crippen molar-refractivity contribution in [3.05, 3.63) is 35.4 Å². The largest absolute Gasteiger partial charge is 0.463 e. The minimum absolute atomic E-state index is 0.110. The number of esters is 2. The Labute approximate surface area is 134 Å². The highest BCUT2D eigenvalue weighted by molar-refractivity contribution is 5.87. The molecule has 1 saturated heterocycles. The van der Waals surface area contributed by atoms with Crippen molar-refractivity contribution in [2.75, 3.05) is 6.61 Å². The Morgan fingerprint density at radius 2 is 1.91 bits per heavy atom. The number of ether oxygens (including phenoxy) is 3. The van der Waals surface area contributed by atoms with Crippen molar-refractivity contribution in [3.8, 4) is 0 Å². The molecule has 1 aliphatic heterocycles. The first-order valence-electron chi connectivity index (χ1n) is 7.42. The molecule has 124 valence electrons. The second-order valence-corrected chi connectivity index (χ2v) is 5.52. The molecule has 0 aromatic heterocycles. The lowest BCUT2D eigenvalue weighted by Gasteiger charge is -2.35. The molecule has 1 fully saturated rings. The van der Waals surface area contributed by atoms with Crippen molar-refractivity contribution < 1.29 is 28.6 Å². The van der Waals surface area contributed by atoms with Gasteiger partial charge in [-0.15, -0.1) is 0 Å². The summed E-state index contributed by atoms with van der Waals surface area (Å²) in [5.74, 6) is -1.30. The van der Waals surface area contributed by atoms with Crippen LogP contribution in [0.3, 0.4) is 0 Å². The van der Waals surface area contributed by atoms with Crippen LogP contribution in [0.5, 0.6) is 0 Å². The van der Waals surface area contributed by atoms with E-state index in [0.717, 1.165) is 11.1 Å². The highest BCUT2D eigenvalue weighted by Gasteiger charge is 2.41. The van der Waals surface area contributed by atoms with Crippen LogP contribution in [0.4, 0.5) is 0 Å². The Kier molecular flexibility index (Phi) is 5.50. The molecule has 0 radical (unpaired) electrons. The number of Topliss-reactive ketones (excluding diaryl/α,β-unsaturated/α-hetero) is 1. The van der Waals surface area contributed by atoms with Crippen molar-refractivity contribution in [2.45, 2.75) is 45.5 Å². The van der Waals surface area contributed by atoms with Crippen LogP contribution in [0.15, 0.2) is 24.3 Å². The van der Waals surface area contributed by atoms with Gasteiger partial charge in [0.2, 0.25) is 0 Å². The normalized spacial score (nSPS) is 24.1. The van der Waals surface area contributed by atoms with Crippen molar-refractivity contribution in [2.24, 2.45) is 0 Å². The molecule has 6 heteroatoms. The van der Waals surface area contributed by atoms with Gasteiger partial charge >= 0.3 is 11.9 Å². The molecule has 1 heterocycles. The Hall–Kier alpha value is -2.21. The van der Waals surface area contributed by atoms with Gasteiger partial charge in [0, 0.05) is 20.3 Å². The average molecular weight is 320 g/mol. The summed E-state index contributed by atoms with van der Waals surface area (Å²) < 4.78 is 15.9. The maximum Gasteiger partial charge on any atom is 0.303 e. The Morgan fingerprint density at radius 1 is 1.22 bits per heavy atom. The summed E-state index contributed by atoms with van der Waals surface area (Å²) in [5.41, 5.74) is 1.90. The monoisotopic (exact) mass is 320 g/mol. The summed E-state index contributed by atoms with van der Waals surface area (Å²) in [6, 6.07) is 7.60. The molecule has 1 aromatic rings. The first kappa shape index (κ1) is 17.1. The predicted molar refractivity (Wildman–Crippen MR) is 80.6 cm³/mol. The molecular formula is C17H20O6. The molecule has 0 amide bonds. The third-order valence-electron chi connectivity index (χ3n) is 3.66. The molecule has 0 unspecified atom stereocenters. The second kappa shape index (κ2) is 7.37. The van der Waals surface area contributed by atoms with Gasteiger partial charge < -0.3 is 14.2 Å². The number of aryl methyl sites for hydroxylation is 1. The zero-order valence-corrected chi connectivity index (χ0v) is 13.4. The molecular weight excluding hydrogens is 300 g/mol. The van der Waals surface area contributed by atoms with Crippen LogP contribution in [0.1, 0.15) is 37.5 Å². The third-order valence-corrected chi connectivity index (χ3v) is 3.66. The van der Waals surface area contributed by atoms with Gasteiger partial charge in [-0.2, -0.15) is 0 Å². The lowest BCUT2D eigenvalue weighted by molar-refractivity contribution is -0.186. The number of hydrogen-bond donors (Lipinski definition) is 0. The fourth-order valence-corrected chi connectivity index (χ4v) is 2.61. The maximum atomic E-state index is 12.4. The molecule has 1 aromatic carbocycles. The standard InChI is InChI=1S/C17H20O6/c1-10-6-4-5-7-13(10)15-8-14(20)17(22-12(3)19)16(23-15)9-21-11(2)18/h4-7,15-17H,8-9H2,1-3H3/t15-,16+,17-/m0/s1. The molecule has 0 bridgehead atoms. The van der Waals surface area contributed by atoms with Gasteiger partial charge in [-0.3, -0.25) is 14.4 Å². The van der Waals surface area contributed by atoms with E-state index in [1.807, 2.05) is 31.2 Å². The van der Waals surface area contributed by atoms with E-state index >= 15 is 0 Å². The minimum atomic E-state index is -1.05. The van der Waals surface area contributed by atoms with Gasteiger partial charge in [0.25, 0.3) is 0 Å². The van der Waals surface area contributed by atoms with Crippen molar-refractivity contribution >= 4 is 17.7 Å². The van der Waals surface area contributed by atoms with E-state index < -0.39 is 30.3 Å². The van der Waals surface area contributed by atoms with Crippen LogP contribution in [-0.2, 0) is 28.6 Å². The first-order valence-corrected chi connectivity index (χ1v) is 7.42. The highest BCUT2D eigenvalue weighted by atomic mass is 16.6. The van der Waals surface area contributed by atoms with Crippen molar-refractivity contribution in [1.82, 2.24) is 0 Å². The number of carbonyl (C=O) groups excluding carboxylic acids is 3. The molecule has 0 aliphatic carbocycles. The fraction of sp³-hybridized carbons (Fsp3) is 0.471. The summed E-state index contributed by atoms with van der Waals surface area (Å²) >= 11 is 0. The van der Waals surface area contributed by atoms with Crippen LogP contribution in [-0.4, -0.2) is 36.5 Å². The minimum Gasteiger partial charge on any atom is -0.463 e. The Bertz CT molecular complexity index is 609. The smallest absolute Gasteiger partial charge is 0.303 e. The molecule has 2 rings (SSSR count). The quantitative estimate of drug-likeness (QED) is 0.788. The fourth-order valence-electron chi connectivity index (χ4n) is 2.61. The van der Waals surface area contributed by atoms with Gasteiger partial charge in [0.05, 0.1) is 6.10 Å². The number of rotatable bonds is 4. The Balaban J connectivity index is 2.21. The van der Waals surface area contributed by atoms with Gasteiger partial charge in [-0.05, 0) is 18.1 Å². The summed E-state index contributed by atoms with van der Waals surface area (Å²) in [6.45, 7) is 4.29. The lowest BCUT2D eigenvalue weighted by Crippen LogP contribution is -2.47. The topological polar surface area (TPSA) is 78.9 Å². The molecule has 3 atom stereocenters. The van der Waals surface area contributed by atoms with Gasteiger partial charge in [-0.1, -0.05) is 24.3 Å². The van der Waals surface area contributed by atoms with E-state index in [1.165, 1.54) is 13.8 Å². The molecule has 0 N–H and O–H groups in total. The zero-order chi connectivity index (χ0) is 17.0. The van der Waals surface area contributed by atoms with Gasteiger partial charge in [0.15, 0.2) is 11.9 Å². The van der Waals surface area contributed by atoms with Crippen LogP contribution in [0, 0.1) is 6.92 Å². The van der Waals surface area contributed by atoms with E-state index in [2.05, 4.69) is 0 Å². The van der Waals surface area contributed by atoms with E-state index in [9.17, 15) is 14.4 Å². The van der Waals surface area contributed by atoms with Crippen LogP contribution < -0.4 is 0 Å². The highest BCUT2D eigenvalue weighted by Crippen LogP contribution is 2.32. The molecule has 6 nitrogen and oxygen atoms in total. The summed E-state index contributed by atoms with van der Waals surface area (Å²) in [6.07, 6.45) is -2.20. The Morgan fingerprint density at radius 3 is 2.52 bits per heavy atom. The van der Waals surface area contributed by atoms with E-state index in [0.29, 0.717) is 0 Å². The maximum absolute atomic E-state index is 12.4. The molecule has 23 heavy (non-hydrogen) atoms. The molecule has 0 spiro atoms. The number of hydrogen-bond acceptors (Lipinski definition) is 6. The summed E-state index contributed by atoms with van der Waals surface area (Å²) in [4.78, 5) is 34.6. The van der Waals surface area contributed by atoms with Gasteiger partial charge in [0.1, 0.15) is 12.7 Å². The van der Waals surface area contributed by atoms with Gasteiger partial charge in [-0.25, -0.2) is 0 Å². The SMILES string of the molecule is CC(=O)OC[C@H]1O[C@H](c2ccccc2C)CC(=O)[C@@H]1OC(C)=O. The molecule has 0 saturated carbocycles. The number of ketones is 1. The zero-order valence-electron chi connectivity index (χ0n) is 13.4. The first-order chi connectivity index (χ1) is 10.9. The lowest BCUT2D eigenvalue weighted by atomic mass is 9.93. The number of benzene rings is 1. The predicted octanol–water partition coefficient (Wildman–Crippen LogP) is 1.89. The van der Waals surface area contributed by atoms with Crippen LogP contribution in [0.2, 0.25) is 0 Å². The van der Waals surface area contributed by atoms with Crippen molar-refractivity contribution in [1.29, 1.82) is 0 Å². The van der Waals surface area contributed by atoms with E-state index in [-0.39, 0.29) is 18.8 Å². The van der Waals surface area contributed by atoms with Crippen LogP contribution in [0.25, 0.3) is 0 Å². The summed E-state index contributed by atoms with van der Waals surface area (Å²) in [7, 11) is 0. The molecule has 1 aliphatic rings. The van der Waals surface area contributed by atoms with E-state index in [1.54, 1.807) is 0 Å².